The summed E-state index contributed by atoms with van der Waals surface area (Å²) in [4.78, 5) is 10.4. The van der Waals surface area contributed by atoms with Gasteiger partial charge in [0.2, 0.25) is 0 Å². The minimum atomic E-state index is -0.818. The largest absolute Gasteiger partial charge is 0.481 e. The van der Waals surface area contributed by atoms with E-state index in [1.54, 1.807) is 12.2 Å². The van der Waals surface area contributed by atoms with Crippen molar-refractivity contribution >= 4 is 5.97 Å². The Morgan fingerprint density at radius 1 is 1.17 bits per heavy atom. The van der Waals surface area contributed by atoms with Crippen molar-refractivity contribution in [3.8, 4) is 0 Å². The van der Waals surface area contributed by atoms with Gasteiger partial charge in [-0.2, -0.15) is 0 Å². The zero-order chi connectivity index (χ0) is 17.9. The van der Waals surface area contributed by atoms with E-state index in [1.807, 2.05) is 6.92 Å². The molecule has 6 nitrogen and oxygen atoms in total. The second kappa shape index (κ2) is 11.6. The molecule has 1 rings (SSSR count). The lowest BCUT2D eigenvalue weighted by Gasteiger charge is -2.16. The van der Waals surface area contributed by atoms with Crippen LogP contribution in [0.5, 0.6) is 0 Å². The van der Waals surface area contributed by atoms with E-state index in [9.17, 15) is 20.1 Å². The minimum absolute atomic E-state index is 0.218. The lowest BCUT2D eigenvalue weighted by atomic mass is 10.0. The molecule has 1 heterocycles. The van der Waals surface area contributed by atoms with Gasteiger partial charge in [-0.25, -0.2) is 0 Å². The van der Waals surface area contributed by atoms with E-state index in [1.165, 1.54) is 0 Å². The first kappa shape index (κ1) is 21.1. The summed E-state index contributed by atoms with van der Waals surface area (Å²) in [5.41, 5.74) is 0. The summed E-state index contributed by atoms with van der Waals surface area (Å²) in [6, 6.07) is 0. The second-order valence-electron chi connectivity index (χ2n) is 6.57. The number of aliphatic carboxylic acids is 1. The lowest BCUT2D eigenvalue weighted by Crippen LogP contribution is -2.24. The summed E-state index contributed by atoms with van der Waals surface area (Å²) in [5.74, 6) is -0.752. The standard InChI is InChI=1S/C18H32O6/c1-2-16-15(21)12-17(24-16)14(20)11-10-13(19)8-6-4-3-5-7-9-18(22)23/h10-11,13-17,19-21H,2-9,12H2,1H3,(H,22,23)/b11-10+/t13-,14+,15-,16-,17+/m1/s1. The highest BCUT2D eigenvalue weighted by Gasteiger charge is 2.35. The fraction of sp³-hybridized carbons (Fsp3) is 0.833. The van der Waals surface area contributed by atoms with Crippen molar-refractivity contribution in [1.82, 2.24) is 0 Å². The van der Waals surface area contributed by atoms with Gasteiger partial charge in [-0.3, -0.25) is 4.79 Å². The predicted octanol–water partition coefficient (Wildman–Crippen LogP) is 2.01. The molecule has 1 fully saturated rings. The van der Waals surface area contributed by atoms with Crippen LogP contribution in [0, 0.1) is 0 Å². The number of carboxylic acids is 1. The van der Waals surface area contributed by atoms with Gasteiger partial charge in [-0.1, -0.05) is 44.8 Å². The molecule has 4 N–H and O–H groups in total. The van der Waals surface area contributed by atoms with E-state index in [4.69, 9.17) is 9.84 Å². The Kier molecular flexibility index (Phi) is 10.2. The van der Waals surface area contributed by atoms with Crippen LogP contribution in [0.25, 0.3) is 0 Å². The highest BCUT2D eigenvalue weighted by Crippen LogP contribution is 2.25. The van der Waals surface area contributed by atoms with E-state index < -0.39 is 30.4 Å². The number of rotatable bonds is 12. The molecule has 6 heteroatoms. The summed E-state index contributed by atoms with van der Waals surface area (Å²) in [7, 11) is 0. The zero-order valence-electron chi connectivity index (χ0n) is 14.5. The van der Waals surface area contributed by atoms with Crippen LogP contribution in [0.4, 0.5) is 0 Å². The molecule has 0 saturated carbocycles. The molecule has 0 unspecified atom stereocenters. The number of aliphatic hydroxyl groups is 3. The molecule has 0 spiro atoms. The molecule has 140 valence electrons. The average molecular weight is 344 g/mol. The van der Waals surface area contributed by atoms with Crippen LogP contribution in [-0.2, 0) is 9.53 Å². The van der Waals surface area contributed by atoms with Crippen molar-refractivity contribution in [1.29, 1.82) is 0 Å². The van der Waals surface area contributed by atoms with E-state index in [0.717, 1.165) is 25.7 Å². The number of aliphatic hydroxyl groups excluding tert-OH is 3. The van der Waals surface area contributed by atoms with Crippen LogP contribution in [0.1, 0.15) is 64.7 Å². The van der Waals surface area contributed by atoms with Gasteiger partial charge in [0, 0.05) is 12.8 Å². The van der Waals surface area contributed by atoms with Crippen molar-refractivity contribution in [2.24, 2.45) is 0 Å². The molecule has 0 aliphatic carbocycles. The summed E-state index contributed by atoms with van der Waals surface area (Å²) in [6.07, 6.45) is 6.92. The molecular formula is C18H32O6. The topological polar surface area (TPSA) is 107 Å². The van der Waals surface area contributed by atoms with Gasteiger partial charge in [-0.15, -0.1) is 0 Å². The van der Waals surface area contributed by atoms with Crippen LogP contribution < -0.4 is 0 Å². The van der Waals surface area contributed by atoms with Gasteiger partial charge in [-0.05, 0) is 19.3 Å². The minimum Gasteiger partial charge on any atom is -0.481 e. The summed E-state index contributed by atoms with van der Waals surface area (Å²) < 4.78 is 5.60. The van der Waals surface area contributed by atoms with Gasteiger partial charge in [0.15, 0.2) is 0 Å². The third kappa shape index (κ3) is 8.24. The van der Waals surface area contributed by atoms with Crippen LogP contribution in [0.2, 0.25) is 0 Å². The monoisotopic (exact) mass is 344 g/mol. The molecule has 0 amide bonds. The van der Waals surface area contributed by atoms with E-state index in [2.05, 4.69) is 0 Å². The van der Waals surface area contributed by atoms with Gasteiger partial charge in [0.25, 0.3) is 0 Å². The van der Waals surface area contributed by atoms with Crippen molar-refractivity contribution in [3.63, 3.8) is 0 Å². The number of hydrogen-bond acceptors (Lipinski definition) is 5. The average Bonchev–Trinajstić information content (AvgIpc) is 2.92. The highest BCUT2D eigenvalue weighted by atomic mass is 16.5. The molecule has 1 saturated heterocycles. The van der Waals surface area contributed by atoms with Gasteiger partial charge in [0.1, 0.15) is 0 Å². The summed E-state index contributed by atoms with van der Waals surface area (Å²) in [6.45, 7) is 1.93. The molecule has 5 atom stereocenters. The SMILES string of the molecule is CC[C@H]1O[C@H]([C@@H](O)/C=C/[C@H](O)CCCCCCCC(=O)O)C[C@H]1O. The Bertz CT molecular complexity index is 384. The van der Waals surface area contributed by atoms with Crippen LogP contribution in [0.3, 0.4) is 0 Å². The maximum Gasteiger partial charge on any atom is 0.303 e. The first-order valence-corrected chi connectivity index (χ1v) is 9.03. The Labute approximate surface area is 144 Å². The first-order chi connectivity index (χ1) is 11.4. The summed E-state index contributed by atoms with van der Waals surface area (Å²) >= 11 is 0. The zero-order valence-corrected chi connectivity index (χ0v) is 14.5. The maximum atomic E-state index is 10.4. The van der Waals surface area contributed by atoms with E-state index in [-0.39, 0.29) is 12.5 Å². The van der Waals surface area contributed by atoms with Crippen molar-refractivity contribution in [3.05, 3.63) is 12.2 Å². The Hall–Kier alpha value is -0.950. The Morgan fingerprint density at radius 3 is 2.46 bits per heavy atom. The predicted molar refractivity (Wildman–Crippen MR) is 90.7 cm³/mol. The van der Waals surface area contributed by atoms with Crippen molar-refractivity contribution < 1.29 is 30.0 Å². The highest BCUT2D eigenvalue weighted by molar-refractivity contribution is 5.66. The molecular weight excluding hydrogens is 312 g/mol. The molecule has 1 aliphatic heterocycles. The normalized spacial score (nSPS) is 26.8. The number of carbonyl (C=O) groups is 1. The fourth-order valence-corrected chi connectivity index (χ4v) is 2.97. The Morgan fingerprint density at radius 2 is 1.83 bits per heavy atom. The van der Waals surface area contributed by atoms with E-state index in [0.29, 0.717) is 25.7 Å². The number of carboxylic acid groups (broad SMARTS) is 1. The number of hydrogen-bond donors (Lipinski definition) is 4. The molecule has 24 heavy (non-hydrogen) atoms. The molecule has 0 radical (unpaired) electrons. The smallest absolute Gasteiger partial charge is 0.303 e. The third-order valence-corrected chi connectivity index (χ3v) is 4.46. The first-order valence-electron chi connectivity index (χ1n) is 9.03. The number of ether oxygens (including phenoxy) is 1. The second-order valence-corrected chi connectivity index (χ2v) is 6.57. The Balaban J connectivity index is 2.12. The molecule has 1 aliphatic rings. The quantitative estimate of drug-likeness (QED) is 0.319. The van der Waals surface area contributed by atoms with Crippen molar-refractivity contribution in [2.75, 3.05) is 0 Å². The maximum absolute atomic E-state index is 10.4. The van der Waals surface area contributed by atoms with Crippen molar-refractivity contribution in [2.45, 2.75) is 95.2 Å². The number of unbranched alkanes of at least 4 members (excludes halogenated alkanes) is 4. The van der Waals surface area contributed by atoms with Crippen LogP contribution >= 0.6 is 0 Å². The third-order valence-electron chi connectivity index (χ3n) is 4.46. The van der Waals surface area contributed by atoms with Gasteiger partial charge in [0.05, 0.1) is 30.5 Å². The molecule has 0 aromatic heterocycles. The molecule has 0 aromatic carbocycles. The molecule has 0 aromatic rings. The molecule has 0 bridgehead atoms. The van der Waals surface area contributed by atoms with Gasteiger partial charge < -0.3 is 25.2 Å². The van der Waals surface area contributed by atoms with E-state index >= 15 is 0 Å². The van der Waals surface area contributed by atoms with Crippen LogP contribution in [-0.4, -0.2) is 56.9 Å². The summed E-state index contributed by atoms with van der Waals surface area (Å²) in [5, 5.41) is 38.3. The van der Waals surface area contributed by atoms with Crippen LogP contribution in [0.15, 0.2) is 12.2 Å². The fourth-order valence-electron chi connectivity index (χ4n) is 2.97. The van der Waals surface area contributed by atoms with Gasteiger partial charge >= 0.3 is 5.97 Å². The lowest BCUT2D eigenvalue weighted by molar-refractivity contribution is -0.137.